The molecule has 1 aromatic heterocycles. The quantitative estimate of drug-likeness (QED) is 0.848. The third kappa shape index (κ3) is 2.30. The number of hydrogen-bond acceptors (Lipinski definition) is 4. The van der Waals surface area contributed by atoms with E-state index in [9.17, 15) is 0 Å². The number of halogens is 1. The summed E-state index contributed by atoms with van der Waals surface area (Å²) in [5, 5.41) is 3.89. The molecule has 0 saturated carbocycles. The molecule has 1 unspecified atom stereocenters. The lowest BCUT2D eigenvalue weighted by molar-refractivity contribution is -0.150. The second-order valence-corrected chi connectivity index (χ2v) is 8.14. The Morgan fingerprint density at radius 2 is 2.22 bits per heavy atom. The highest BCUT2D eigenvalue weighted by atomic mass is 35.5. The van der Waals surface area contributed by atoms with E-state index in [1.165, 1.54) is 30.6 Å². The number of benzene rings is 1. The fourth-order valence-electron chi connectivity index (χ4n) is 4.23. The molecule has 120 valence electrons. The van der Waals surface area contributed by atoms with Crippen molar-refractivity contribution in [1.82, 2.24) is 10.4 Å². The zero-order chi connectivity index (χ0) is 15.4. The Kier molecular flexibility index (Phi) is 3.20. The standard InChI is InChI=1S/C17H18ClN3OS/c18-14-9-23-15-7-12(1-2-13(14)15)19-16-8-17(22-20-16)10-21-5-3-11(17)4-6-21/h1-2,7,9,11H,3-6,8,10H2,(H,19,20). The number of amidine groups is 1. The lowest BCUT2D eigenvalue weighted by Crippen LogP contribution is -2.59. The van der Waals surface area contributed by atoms with Gasteiger partial charge in [0, 0.05) is 28.4 Å². The van der Waals surface area contributed by atoms with Crippen LogP contribution in [-0.2, 0) is 4.84 Å². The third-order valence-corrected chi connectivity index (χ3v) is 6.82. The molecule has 23 heavy (non-hydrogen) atoms. The van der Waals surface area contributed by atoms with E-state index in [1.54, 1.807) is 11.3 Å². The van der Waals surface area contributed by atoms with E-state index in [4.69, 9.17) is 21.4 Å². The molecule has 1 aromatic carbocycles. The Hall–Kier alpha value is -1.14. The Labute approximate surface area is 144 Å². The molecule has 0 aliphatic carbocycles. The molecule has 2 aromatic rings. The lowest BCUT2D eigenvalue weighted by atomic mass is 9.74. The highest BCUT2D eigenvalue weighted by Crippen LogP contribution is 2.42. The van der Waals surface area contributed by atoms with Gasteiger partial charge in [-0.3, -0.25) is 10.3 Å². The van der Waals surface area contributed by atoms with Crippen LogP contribution in [0.25, 0.3) is 10.1 Å². The maximum atomic E-state index is 6.17. The van der Waals surface area contributed by atoms with Crippen molar-refractivity contribution in [2.75, 3.05) is 19.6 Å². The summed E-state index contributed by atoms with van der Waals surface area (Å²) in [4.78, 5) is 13.3. The van der Waals surface area contributed by atoms with Gasteiger partial charge >= 0.3 is 0 Å². The molecule has 6 rings (SSSR count). The van der Waals surface area contributed by atoms with Gasteiger partial charge in [0.15, 0.2) is 0 Å². The first-order valence-electron chi connectivity index (χ1n) is 8.13. The minimum absolute atomic E-state index is 0.0638. The second kappa shape index (κ2) is 5.18. The average Bonchev–Trinajstić information content (AvgIpc) is 3.13. The molecule has 4 fully saturated rings. The van der Waals surface area contributed by atoms with Crippen molar-refractivity contribution < 1.29 is 4.84 Å². The number of fused-ring (bicyclic) bond motifs is 3. The number of nitrogens with one attached hydrogen (secondary N) is 1. The highest BCUT2D eigenvalue weighted by molar-refractivity contribution is 7.17. The molecule has 1 atom stereocenters. The van der Waals surface area contributed by atoms with Crippen LogP contribution < -0.4 is 5.48 Å². The summed E-state index contributed by atoms with van der Waals surface area (Å²) < 4.78 is 1.17. The zero-order valence-electron chi connectivity index (χ0n) is 12.7. The van der Waals surface area contributed by atoms with Crippen molar-refractivity contribution >= 4 is 44.5 Å². The fourth-order valence-corrected chi connectivity index (χ4v) is 5.43. The van der Waals surface area contributed by atoms with E-state index >= 15 is 0 Å². The van der Waals surface area contributed by atoms with Crippen LogP contribution in [0.2, 0.25) is 5.02 Å². The molecule has 2 bridgehead atoms. The van der Waals surface area contributed by atoms with Crippen molar-refractivity contribution in [3.63, 3.8) is 0 Å². The van der Waals surface area contributed by atoms with Crippen LogP contribution in [0.15, 0.2) is 28.6 Å². The number of aliphatic imine (C=N–C) groups is 1. The number of piperidine rings is 3. The van der Waals surface area contributed by atoms with Crippen LogP contribution in [0.5, 0.6) is 0 Å². The van der Waals surface area contributed by atoms with Crippen molar-refractivity contribution in [3.8, 4) is 0 Å². The summed E-state index contributed by atoms with van der Waals surface area (Å²) in [6.07, 6.45) is 3.38. The predicted molar refractivity (Wildman–Crippen MR) is 94.7 cm³/mol. The molecular formula is C17H18ClN3OS. The molecule has 1 spiro atoms. The Balaban J connectivity index is 1.42. The summed E-state index contributed by atoms with van der Waals surface area (Å²) >= 11 is 7.82. The first kappa shape index (κ1) is 14.2. The van der Waals surface area contributed by atoms with Crippen LogP contribution in [-0.4, -0.2) is 36.0 Å². The highest BCUT2D eigenvalue weighted by Gasteiger charge is 2.52. The normalized spacial score (nSPS) is 34.6. The first-order chi connectivity index (χ1) is 11.2. The van der Waals surface area contributed by atoms with E-state index in [2.05, 4.69) is 16.4 Å². The van der Waals surface area contributed by atoms with Crippen molar-refractivity contribution in [2.45, 2.75) is 24.9 Å². The third-order valence-electron chi connectivity index (χ3n) is 5.44. The number of nitrogens with zero attached hydrogens (tertiary/aromatic N) is 2. The number of hydrogen-bond donors (Lipinski definition) is 1. The molecule has 4 nitrogen and oxygen atoms in total. The lowest BCUT2D eigenvalue weighted by Gasteiger charge is -2.49. The first-order valence-corrected chi connectivity index (χ1v) is 9.38. The molecule has 6 heteroatoms. The molecule has 4 saturated heterocycles. The van der Waals surface area contributed by atoms with Crippen molar-refractivity contribution in [3.05, 3.63) is 28.6 Å². The summed E-state index contributed by atoms with van der Waals surface area (Å²) in [6, 6.07) is 6.17. The van der Waals surface area contributed by atoms with Gasteiger partial charge < -0.3 is 4.90 Å². The van der Waals surface area contributed by atoms with E-state index in [0.717, 1.165) is 34.9 Å². The SMILES string of the molecule is Clc1csc2cc(N=C3CC4(CN5CCC4CC5)ON3)ccc12. The van der Waals surface area contributed by atoms with Gasteiger partial charge in [-0.05, 0) is 50.0 Å². The topological polar surface area (TPSA) is 36.9 Å². The van der Waals surface area contributed by atoms with E-state index in [-0.39, 0.29) is 5.60 Å². The fraction of sp³-hybridized carbons (Fsp3) is 0.471. The molecule has 4 aliphatic heterocycles. The van der Waals surface area contributed by atoms with Gasteiger partial charge in [0.05, 0.1) is 10.7 Å². The van der Waals surface area contributed by atoms with Gasteiger partial charge in [-0.2, -0.15) is 0 Å². The van der Waals surface area contributed by atoms with Crippen molar-refractivity contribution in [1.29, 1.82) is 0 Å². The minimum Gasteiger partial charge on any atom is -0.300 e. The van der Waals surface area contributed by atoms with Gasteiger partial charge in [-0.25, -0.2) is 4.99 Å². The zero-order valence-corrected chi connectivity index (χ0v) is 14.3. The predicted octanol–water partition coefficient (Wildman–Crippen LogP) is 3.97. The summed E-state index contributed by atoms with van der Waals surface area (Å²) in [5.74, 6) is 1.60. The monoisotopic (exact) mass is 347 g/mol. The largest absolute Gasteiger partial charge is 0.300 e. The van der Waals surface area contributed by atoms with Crippen LogP contribution in [0.1, 0.15) is 19.3 Å². The van der Waals surface area contributed by atoms with Crippen LogP contribution in [0.4, 0.5) is 5.69 Å². The van der Waals surface area contributed by atoms with Gasteiger partial charge in [0.1, 0.15) is 11.4 Å². The Morgan fingerprint density at radius 1 is 1.35 bits per heavy atom. The maximum absolute atomic E-state index is 6.17. The molecule has 0 radical (unpaired) electrons. The molecule has 0 amide bonds. The summed E-state index contributed by atoms with van der Waals surface area (Å²) in [5.41, 5.74) is 4.00. The van der Waals surface area contributed by atoms with Gasteiger partial charge in [0.25, 0.3) is 0 Å². The Morgan fingerprint density at radius 3 is 3.00 bits per heavy atom. The second-order valence-electron chi connectivity index (χ2n) is 6.82. The molecule has 1 N–H and O–H groups in total. The maximum Gasteiger partial charge on any atom is 0.129 e. The van der Waals surface area contributed by atoms with E-state index < -0.39 is 0 Å². The smallest absolute Gasteiger partial charge is 0.129 e. The van der Waals surface area contributed by atoms with E-state index in [0.29, 0.717) is 5.92 Å². The molecular weight excluding hydrogens is 330 g/mol. The van der Waals surface area contributed by atoms with Crippen LogP contribution >= 0.6 is 22.9 Å². The minimum atomic E-state index is -0.0638. The molecule has 4 aliphatic rings. The van der Waals surface area contributed by atoms with Crippen LogP contribution in [0.3, 0.4) is 0 Å². The number of rotatable bonds is 1. The number of thiophene rings is 1. The van der Waals surface area contributed by atoms with Gasteiger partial charge in [0.2, 0.25) is 0 Å². The summed E-state index contributed by atoms with van der Waals surface area (Å²) in [7, 11) is 0. The number of hydroxylamine groups is 1. The van der Waals surface area contributed by atoms with Crippen LogP contribution in [0, 0.1) is 5.92 Å². The van der Waals surface area contributed by atoms with Crippen molar-refractivity contribution in [2.24, 2.45) is 10.9 Å². The van der Waals surface area contributed by atoms with Gasteiger partial charge in [-0.15, -0.1) is 11.3 Å². The van der Waals surface area contributed by atoms with E-state index in [1.807, 2.05) is 17.5 Å². The Bertz CT molecular complexity index is 796. The average molecular weight is 348 g/mol. The van der Waals surface area contributed by atoms with Gasteiger partial charge in [-0.1, -0.05) is 11.6 Å². The molecule has 5 heterocycles. The summed E-state index contributed by atoms with van der Waals surface area (Å²) in [6.45, 7) is 3.47.